The van der Waals surface area contributed by atoms with Gasteiger partial charge in [0.25, 0.3) is 12.4 Å². The minimum Gasteiger partial charge on any atom is -0.462 e. The second-order valence-corrected chi connectivity index (χ2v) is 6.19. The molecule has 1 heterocycles. The predicted octanol–water partition coefficient (Wildman–Crippen LogP) is 3.19. The summed E-state index contributed by atoms with van der Waals surface area (Å²) >= 11 is 0. The number of ether oxygens (including phenoxy) is 1. The normalized spacial score (nSPS) is 14.2. The molecule has 0 saturated carbocycles. The molecular formula is C17H25NO3. The van der Waals surface area contributed by atoms with E-state index in [0.29, 0.717) is 6.47 Å². The monoisotopic (exact) mass is 291 g/mol. The summed E-state index contributed by atoms with van der Waals surface area (Å²) in [6, 6.07) is 7.80. The van der Waals surface area contributed by atoms with Crippen LogP contribution in [-0.2, 0) is 9.53 Å². The Balaban J connectivity index is 0.000000270. The van der Waals surface area contributed by atoms with Gasteiger partial charge in [-0.25, -0.2) is 0 Å². The van der Waals surface area contributed by atoms with Crippen molar-refractivity contribution in [1.82, 2.24) is 4.90 Å². The molecular weight excluding hydrogens is 266 g/mol. The average Bonchev–Trinajstić information content (AvgIpc) is 2.92. The first-order valence-electron chi connectivity index (χ1n) is 7.31. The lowest BCUT2D eigenvalue weighted by Crippen LogP contribution is -2.27. The van der Waals surface area contributed by atoms with Crippen molar-refractivity contribution in [2.45, 2.75) is 46.1 Å². The number of likely N-dealkylation sites (tertiary alicyclic amines) is 1. The van der Waals surface area contributed by atoms with Gasteiger partial charge in [-0.2, -0.15) is 0 Å². The molecule has 1 aromatic rings. The third kappa shape index (κ3) is 6.43. The topological polar surface area (TPSA) is 46.6 Å². The predicted molar refractivity (Wildman–Crippen MR) is 83.2 cm³/mol. The highest BCUT2D eigenvalue weighted by Gasteiger charge is 2.18. The maximum absolute atomic E-state index is 11.9. The number of carbonyl (C=O) groups is 2. The zero-order valence-electron chi connectivity index (χ0n) is 13.4. The summed E-state index contributed by atoms with van der Waals surface area (Å²) in [6.45, 7) is 9.80. The van der Waals surface area contributed by atoms with E-state index in [1.807, 2.05) is 56.9 Å². The van der Waals surface area contributed by atoms with Gasteiger partial charge in [0.15, 0.2) is 0 Å². The van der Waals surface area contributed by atoms with Gasteiger partial charge in [0.2, 0.25) is 0 Å². The zero-order chi connectivity index (χ0) is 15.9. The van der Waals surface area contributed by atoms with Crippen molar-refractivity contribution in [1.29, 1.82) is 0 Å². The summed E-state index contributed by atoms with van der Waals surface area (Å²) < 4.78 is 4.55. The third-order valence-corrected chi connectivity index (χ3v) is 3.09. The molecule has 1 aliphatic rings. The van der Waals surface area contributed by atoms with Crippen LogP contribution in [0, 0.1) is 6.92 Å². The molecule has 0 radical (unpaired) electrons. The summed E-state index contributed by atoms with van der Waals surface area (Å²) in [4.78, 5) is 23.4. The number of carbonyl (C=O) groups excluding carboxylic acids is 2. The highest BCUT2D eigenvalue weighted by molar-refractivity contribution is 5.94. The van der Waals surface area contributed by atoms with Crippen LogP contribution in [0.25, 0.3) is 0 Å². The maximum atomic E-state index is 11.9. The van der Waals surface area contributed by atoms with E-state index in [9.17, 15) is 9.59 Å². The fourth-order valence-electron chi connectivity index (χ4n) is 1.94. The van der Waals surface area contributed by atoms with Gasteiger partial charge in [0, 0.05) is 18.7 Å². The van der Waals surface area contributed by atoms with Crippen LogP contribution in [0.2, 0.25) is 0 Å². The van der Waals surface area contributed by atoms with Gasteiger partial charge in [0.05, 0.1) is 0 Å². The van der Waals surface area contributed by atoms with Crippen LogP contribution >= 0.6 is 0 Å². The van der Waals surface area contributed by atoms with E-state index in [4.69, 9.17) is 0 Å². The quantitative estimate of drug-likeness (QED) is 0.786. The standard InChI is InChI=1S/C12H15NO.C5H10O2/c1-10-4-6-11(7-5-10)12(14)13-8-2-3-9-13;1-5(2,3)7-4-6/h4-7H,2-3,8-9H2,1H3;4H,1-3H3. The summed E-state index contributed by atoms with van der Waals surface area (Å²) in [6.07, 6.45) is 2.30. The SMILES string of the molecule is CC(C)(C)OC=O.Cc1ccc(C(=O)N2CCCC2)cc1. The number of rotatable bonds is 2. The fourth-order valence-corrected chi connectivity index (χ4v) is 1.94. The first-order chi connectivity index (χ1) is 9.83. The van der Waals surface area contributed by atoms with E-state index in [2.05, 4.69) is 4.74 Å². The van der Waals surface area contributed by atoms with Crippen molar-refractivity contribution < 1.29 is 14.3 Å². The second-order valence-electron chi connectivity index (χ2n) is 6.19. The second kappa shape index (κ2) is 7.81. The van der Waals surface area contributed by atoms with Crippen LogP contribution in [0.15, 0.2) is 24.3 Å². The Kier molecular flexibility index (Phi) is 6.40. The first kappa shape index (κ1) is 17.2. The lowest BCUT2D eigenvalue weighted by Gasteiger charge is -2.14. The molecule has 4 nitrogen and oxygen atoms in total. The number of nitrogens with zero attached hydrogens (tertiary/aromatic N) is 1. The summed E-state index contributed by atoms with van der Waals surface area (Å²) in [5, 5.41) is 0. The molecule has 1 fully saturated rings. The Bertz CT molecular complexity index is 454. The van der Waals surface area contributed by atoms with E-state index in [1.54, 1.807) is 0 Å². The molecule has 1 aliphatic heterocycles. The molecule has 1 aromatic carbocycles. The number of amides is 1. The molecule has 2 rings (SSSR count). The van der Waals surface area contributed by atoms with E-state index >= 15 is 0 Å². The molecule has 0 bridgehead atoms. The van der Waals surface area contributed by atoms with Crippen molar-refractivity contribution in [3.8, 4) is 0 Å². The van der Waals surface area contributed by atoms with Crippen LogP contribution in [0.1, 0.15) is 49.5 Å². The number of hydrogen-bond acceptors (Lipinski definition) is 3. The Morgan fingerprint density at radius 1 is 1.14 bits per heavy atom. The third-order valence-electron chi connectivity index (χ3n) is 3.09. The van der Waals surface area contributed by atoms with Crippen LogP contribution in [0.4, 0.5) is 0 Å². The number of hydrogen-bond donors (Lipinski definition) is 0. The molecule has 1 amide bonds. The number of benzene rings is 1. The number of aryl methyl sites for hydroxylation is 1. The van der Waals surface area contributed by atoms with Gasteiger partial charge in [0.1, 0.15) is 5.60 Å². The Morgan fingerprint density at radius 2 is 1.67 bits per heavy atom. The average molecular weight is 291 g/mol. The molecule has 0 unspecified atom stereocenters. The highest BCUT2D eigenvalue weighted by Crippen LogP contribution is 2.13. The molecule has 4 heteroatoms. The molecule has 0 aromatic heterocycles. The Hall–Kier alpha value is -1.84. The van der Waals surface area contributed by atoms with E-state index < -0.39 is 0 Å². The highest BCUT2D eigenvalue weighted by atomic mass is 16.5. The van der Waals surface area contributed by atoms with Crippen molar-refractivity contribution in [2.75, 3.05) is 13.1 Å². The van der Waals surface area contributed by atoms with Gasteiger partial charge in [-0.3, -0.25) is 9.59 Å². The molecule has 1 saturated heterocycles. The van der Waals surface area contributed by atoms with Crippen LogP contribution in [0.3, 0.4) is 0 Å². The lowest BCUT2D eigenvalue weighted by molar-refractivity contribution is -0.138. The molecule has 0 atom stereocenters. The molecule has 0 spiro atoms. The van der Waals surface area contributed by atoms with Crippen LogP contribution in [0.5, 0.6) is 0 Å². The molecule has 0 aliphatic carbocycles. The first-order valence-corrected chi connectivity index (χ1v) is 7.31. The largest absolute Gasteiger partial charge is 0.462 e. The summed E-state index contributed by atoms with van der Waals surface area (Å²) in [7, 11) is 0. The Labute approximate surface area is 127 Å². The van der Waals surface area contributed by atoms with Gasteiger partial charge in [-0.1, -0.05) is 17.7 Å². The smallest absolute Gasteiger partial charge is 0.293 e. The van der Waals surface area contributed by atoms with E-state index in [0.717, 1.165) is 31.5 Å². The lowest BCUT2D eigenvalue weighted by atomic mass is 10.1. The van der Waals surface area contributed by atoms with E-state index in [-0.39, 0.29) is 11.5 Å². The molecule has 21 heavy (non-hydrogen) atoms. The molecule has 0 N–H and O–H groups in total. The fraction of sp³-hybridized carbons (Fsp3) is 0.529. The van der Waals surface area contributed by atoms with Gasteiger partial charge >= 0.3 is 0 Å². The van der Waals surface area contributed by atoms with Crippen molar-refractivity contribution in [2.24, 2.45) is 0 Å². The minimum atomic E-state index is -0.318. The summed E-state index contributed by atoms with van der Waals surface area (Å²) in [5.74, 6) is 0.183. The van der Waals surface area contributed by atoms with Crippen molar-refractivity contribution in [3.05, 3.63) is 35.4 Å². The van der Waals surface area contributed by atoms with Gasteiger partial charge in [-0.05, 0) is 52.7 Å². The van der Waals surface area contributed by atoms with Gasteiger partial charge < -0.3 is 9.64 Å². The Morgan fingerprint density at radius 3 is 2.05 bits per heavy atom. The summed E-state index contributed by atoms with van der Waals surface area (Å²) in [5.41, 5.74) is 1.70. The maximum Gasteiger partial charge on any atom is 0.293 e. The van der Waals surface area contributed by atoms with Gasteiger partial charge in [-0.15, -0.1) is 0 Å². The zero-order valence-corrected chi connectivity index (χ0v) is 13.4. The van der Waals surface area contributed by atoms with Crippen molar-refractivity contribution >= 4 is 12.4 Å². The minimum absolute atomic E-state index is 0.183. The van der Waals surface area contributed by atoms with Crippen LogP contribution < -0.4 is 0 Å². The van der Waals surface area contributed by atoms with Crippen LogP contribution in [-0.4, -0.2) is 36.0 Å². The molecule has 116 valence electrons. The van der Waals surface area contributed by atoms with E-state index in [1.165, 1.54) is 5.56 Å². The van der Waals surface area contributed by atoms with Crippen molar-refractivity contribution in [3.63, 3.8) is 0 Å².